The fraction of sp³-hybridized carbons (Fsp3) is 0.636. The number of carbonyl (C=O) groups excluding carboxylic acids is 2. The Balaban J connectivity index is 1.46. The summed E-state index contributed by atoms with van der Waals surface area (Å²) >= 11 is 0. The summed E-state index contributed by atoms with van der Waals surface area (Å²) < 4.78 is 13.1. The zero-order chi connectivity index (χ0) is 19.9. The molecular formula is C22H33FN3O2+. The van der Waals surface area contributed by atoms with Gasteiger partial charge in [-0.25, -0.2) is 4.39 Å². The summed E-state index contributed by atoms with van der Waals surface area (Å²) in [5, 5.41) is 3.09. The van der Waals surface area contributed by atoms with Crippen molar-refractivity contribution >= 4 is 11.8 Å². The Morgan fingerprint density at radius 3 is 2.57 bits per heavy atom. The number of hydrogen-bond acceptors (Lipinski definition) is 2. The zero-order valence-electron chi connectivity index (χ0n) is 16.9. The lowest BCUT2D eigenvalue weighted by Crippen LogP contribution is -3.10. The summed E-state index contributed by atoms with van der Waals surface area (Å²) in [6, 6.07) is 5.73. The molecule has 0 aromatic heterocycles. The van der Waals surface area contributed by atoms with E-state index in [0.717, 1.165) is 25.9 Å². The van der Waals surface area contributed by atoms with E-state index in [1.807, 2.05) is 4.90 Å². The predicted molar refractivity (Wildman–Crippen MR) is 107 cm³/mol. The molecule has 28 heavy (non-hydrogen) atoms. The molecule has 1 aromatic rings. The van der Waals surface area contributed by atoms with Crippen molar-refractivity contribution in [3.05, 3.63) is 35.6 Å². The summed E-state index contributed by atoms with van der Waals surface area (Å²) in [5.74, 6) is 0.406. The monoisotopic (exact) mass is 390 g/mol. The van der Waals surface area contributed by atoms with Crippen LogP contribution < -0.4 is 10.2 Å². The van der Waals surface area contributed by atoms with Gasteiger partial charge in [0.1, 0.15) is 5.82 Å². The Kier molecular flexibility index (Phi) is 7.43. The molecule has 3 rings (SSSR count). The molecule has 2 saturated heterocycles. The summed E-state index contributed by atoms with van der Waals surface area (Å²) in [4.78, 5) is 28.5. The van der Waals surface area contributed by atoms with Gasteiger partial charge in [-0.3, -0.25) is 9.59 Å². The SMILES string of the molecule is CC[C@H]1CN(C(=O)c2ccc(F)cc2)CC[C@H]1CC(=O)NCC[NH+]1CCCC1. The van der Waals surface area contributed by atoms with E-state index in [1.54, 1.807) is 17.0 Å². The molecule has 0 saturated carbocycles. The van der Waals surface area contributed by atoms with Crippen LogP contribution in [0, 0.1) is 17.7 Å². The van der Waals surface area contributed by atoms with Gasteiger partial charge in [0.05, 0.1) is 26.2 Å². The predicted octanol–water partition coefficient (Wildman–Crippen LogP) is 1.50. The molecule has 6 heteroatoms. The maximum Gasteiger partial charge on any atom is 0.253 e. The third-order valence-corrected chi connectivity index (χ3v) is 6.35. The van der Waals surface area contributed by atoms with Crippen molar-refractivity contribution in [3.63, 3.8) is 0 Å². The van der Waals surface area contributed by atoms with Crippen molar-refractivity contribution in [2.24, 2.45) is 11.8 Å². The molecule has 2 fully saturated rings. The Hall–Kier alpha value is -1.95. The first-order valence-electron chi connectivity index (χ1n) is 10.7. The van der Waals surface area contributed by atoms with Crippen molar-refractivity contribution in [2.45, 2.75) is 39.0 Å². The number of nitrogens with one attached hydrogen (secondary N) is 2. The number of piperidine rings is 1. The summed E-state index contributed by atoms with van der Waals surface area (Å²) in [6.45, 7) is 7.69. The maximum absolute atomic E-state index is 13.1. The maximum atomic E-state index is 13.1. The van der Waals surface area contributed by atoms with Crippen LogP contribution in [0.15, 0.2) is 24.3 Å². The molecule has 2 amide bonds. The van der Waals surface area contributed by atoms with Crippen LogP contribution in [0.4, 0.5) is 4.39 Å². The van der Waals surface area contributed by atoms with Crippen LogP contribution in [-0.2, 0) is 4.79 Å². The lowest BCUT2D eigenvalue weighted by molar-refractivity contribution is -0.886. The Labute approximate surface area is 167 Å². The van der Waals surface area contributed by atoms with E-state index in [0.29, 0.717) is 36.9 Å². The quantitative estimate of drug-likeness (QED) is 0.741. The van der Waals surface area contributed by atoms with Gasteiger partial charge in [-0.1, -0.05) is 13.3 Å². The van der Waals surface area contributed by atoms with Crippen molar-refractivity contribution in [3.8, 4) is 0 Å². The smallest absolute Gasteiger partial charge is 0.253 e. The molecule has 1 aromatic carbocycles. The number of hydrogen-bond donors (Lipinski definition) is 2. The second-order valence-corrected chi connectivity index (χ2v) is 8.24. The van der Waals surface area contributed by atoms with Crippen molar-refractivity contribution < 1.29 is 18.9 Å². The minimum atomic E-state index is -0.334. The van der Waals surface area contributed by atoms with Crippen LogP contribution >= 0.6 is 0 Å². The number of carbonyl (C=O) groups is 2. The first-order valence-corrected chi connectivity index (χ1v) is 10.7. The average Bonchev–Trinajstić information content (AvgIpc) is 3.22. The van der Waals surface area contributed by atoms with Gasteiger partial charge in [0.25, 0.3) is 5.91 Å². The Morgan fingerprint density at radius 1 is 1.18 bits per heavy atom. The van der Waals surface area contributed by atoms with Gasteiger partial charge in [0.15, 0.2) is 0 Å². The normalized spacial score (nSPS) is 23.0. The molecule has 0 unspecified atom stereocenters. The average molecular weight is 391 g/mol. The molecule has 2 aliphatic rings. The molecular weight excluding hydrogens is 357 g/mol. The second-order valence-electron chi connectivity index (χ2n) is 8.24. The van der Waals surface area contributed by atoms with E-state index in [4.69, 9.17) is 0 Å². The van der Waals surface area contributed by atoms with Gasteiger partial charge in [0.2, 0.25) is 5.91 Å². The Morgan fingerprint density at radius 2 is 1.89 bits per heavy atom. The summed E-state index contributed by atoms with van der Waals surface area (Å²) in [7, 11) is 0. The van der Waals surface area contributed by atoms with Crippen LogP contribution in [0.3, 0.4) is 0 Å². The molecule has 0 aliphatic carbocycles. The molecule has 2 heterocycles. The van der Waals surface area contributed by atoms with E-state index in [2.05, 4.69) is 12.2 Å². The molecule has 2 atom stereocenters. The highest BCUT2D eigenvalue weighted by Gasteiger charge is 2.32. The summed E-state index contributed by atoms with van der Waals surface area (Å²) in [6.07, 6.45) is 4.94. The minimum Gasteiger partial charge on any atom is -0.350 e. The van der Waals surface area contributed by atoms with Gasteiger partial charge in [-0.05, 0) is 42.5 Å². The van der Waals surface area contributed by atoms with Crippen LogP contribution in [0.5, 0.6) is 0 Å². The lowest BCUT2D eigenvalue weighted by atomic mass is 9.81. The fourth-order valence-electron chi connectivity index (χ4n) is 4.59. The third-order valence-electron chi connectivity index (χ3n) is 6.35. The molecule has 0 radical (unpaired) electrons. The number of likely N-dealkylation sites (tertiary alicyclic amines) is 2. The first kappa shape index (κ1) is 20.8. The highest BCUT2D eigenvalue weighted by molar-refractivity contribution is 5.94. The first-order chi connectivity index (χ1) is 13.6. The third kappa shape index (κ3) is 5.53. The van der Waals surface area contributed by atoms with Crippen LogP contribution in [0.1, 0.15) is 49.4 Å². The number of benzene rings is 1. The van der Waals surface area contributed by atoms with E-state index < -0.39 is 0 Å². The number of halogens is 1. The molecule has 154 valence electrons. The van der Waals surface area contributed by atoms with Gasteiger partial charge < -0.3 is 15.1 Å². The number of nitrogens with zero attached hydrogens (tertiary/aromatic N) is 1. The van der Waals surface area contributed by atoms with Crippen LogP contribution in [0.25, 0.3) is 0 Å². The highest BCUT2D eigenvalue weighted by atomic mass is 19.1. The number of rotatable bonds is 7. The van der Waals surface area contributed by atoms with E-state index >= 15 is 0 Å². The van der Waals surface area contributed by atoms with E-state index in [-0.39, 0.29) is 17.6 Å². The molecule has 0 spiro atoms. The lowest BCUT2D eigenvalue weighted by Gasteiger charge is -2.38. The van der Waals surface area contributed by atoms with Crippen molar-refractivity contribution in [1.29, 1.82) is 0 Å². The second kappa shape index (κ2) is 10.0. The molecule has 2 N–H and O–H groups in total. The van der Waals surface area contributed by atoms with Gasteiger partial charge in [-0.15, -0.1) is 0 Å². The molecule has 5 nitrogen and oxygen atoms in total. The van der Waals surface area contributed by atoms with Crippen LogP contribution in [-0.4, -0.2) is 56.0 Å². The molecule has 0 bridgehead atoms. The standard InChI is InChI=1S/C22H32FN3O2/c1-2-17-16-26(22(28)18-5-7-20(23)8-6-18)13-9-19(17)15-21(27)24-10-14-25-11-3-4-12-25/h5-8,17,19H,2-4,9-16H2,1H3,(H,24,27)/p+1/t17-,19-/m0/s1. The van der Waals surface area contributed by atoms with Gasteiger partial charge in [0, 0.05) is 37.9 Å². The van der Waals surface area contributed by atoms with Gasteiger partial charge >= 0.3 is 0 Å². The largest absolute Gasteiger partial charge is 0.350 e. The van der Waals surface area contributed by atoms with Crippen molar-refractivity contribution in [1.82, 2.24) is 10.2 Å². The fourth-order valence-corrected chi connectivity index (χ4v) is 4.59. The molecule has 2 aliphatic heterocycles. The van der Waals surface area contributed by atoms with E-state index in [9.17, 15) is 14.0 Å². The highest BCUT2D eigenvalue weighted by Crippen LogP contribution is 2.29. The zero-order valence-corrected chi connectivity index (χ0v) is 16.9. The topological polar surface area (TPSA) is 53.9 Å². The number of amides is 2. The van der Waals surface area contributed by atoms with E-state index in [1.165, 1.54) is 38.1 Å². The number of quaternary nitrogens is 1. The van der Waals surface area contributed by atoms with Gasteiger partial charge in [-0.2, -0.15) is 0 Å². The minimum absolute atomic E-state index is 0.0464. The van der Waals surface area contributed by atoms with Crippen LogP contribution in [0.2, 0.25) is 0 Å². The summed E-state index contributed by atoms with van der Waals surface area (Å²) in [5.41, 5.74) is 0.525. The Bertz CT molecular complexity index is 658. The van der Waals surface area contributed by atoms with Crippen molar-refractivity contribution in [2.75, 3.05) is 39.3 Å².